The van der Waals surface area contributed by atoms with Crippen LogP contribution >= 0.6 is 0 Å². The van der Waals surface area contributed by atoms with Gasteiger partial charge in [0.05, 0.1) is 12.1 Å². The maximum Gasteiger partial charge on any atom is 0.291 e. The molecule has 1 aliphatic carbocycles. The molecule has 1 amide bonds. The Morgan fingerprint density at radius 1 is 1.27 bits per heavy atom. The zero-order valence-corrected chi connectivity index (χ0v) is 12.5. The lowest BCUT2D eigenvalue weighted by atomic mass is 9.92. The van der Waals surface area contributed by atoms with Crippen LogP contribution in [-0.2, 0) is 4.74 Å². The molecule has 22 heavy (non-hydrogen) atoms. The number of carbonyl (C=O) groups is 1. The van der Waals surface area contributed by atoms with E-state index >= 15 is 0 Å². The number of hydrogen-bond donors (Lipinski definition) is 0. The molecule has 0 unspecified atom stereocenters. The average Bonchev–Trinajstić information content (AvgIpc) is 3.10. The minimum Gasteiger partial charge on any atom is -0.381 e. The van der Waals surface area contributed by atoms with Crippen LogP contribution in [0.15, 0.2) is 37.3 Å². The van der Waals surface area contributed by atoms with Crippen molar-refractivity contribution in [1.82, 2.24) is 19.6 Å². The molecule has 116 valence electrons. The van der Waals surface area contributed by atoms with Crippen molar-refractivity contribution < 1.29 is 9.53 Å². The SMILES string of the molecule is COC1CCC(N(C(=O)c2ccncn2)n2ccnc2)CC1. The summed E-state index contributed by atoms with van der Waals surface area (Å²) in [4.78, 5) is 24.8. The Labute approximate surface area is 128 Å². The van der Waals surface area contributed by atoms with Crippen LogP contribution in [0.5, 0.6) is 0 Å². The topological polar surface area (TPSA) is 73.1 Å². The van der Waals surface area contributed by atoms with E-state index in [1.807, 2.05) is 0 Å². The first-order valence-corrected chi connectivity index (χ1v) is 7.40. The molecule has 0 N–H and O–H groups in total. The largest absolute Gasteiger partial charge is 0.381 e. The maximum absolute atomic E-state index is 12.8. The Morgan fingerprint density at radius 3 is 2.68 bits per heavy atom. The molecule has 1 saturated carbocycles. The molecule has 0 atom stereocenters. The van der Waals surface area contributed by atoms with Gasteiger partial charge in [-0.05, 0) is 31.7 Å². The lowest BCUT2D eigenvalue weighted by molar-refractivity contribution is 0.0606. The Balaban J connectivity index is 1.84. The average molecular weight is 301 g/mol. The fourth-order valence-corrected chi connectivity index (χ4v) is 2.90. The van der Waals surface area contributed by atoms with Crippen molar-refractivity contribution in [1.29, 1.82) is 0 Å². The van der Waals surface area contributed by atoms with Gasteiger partial charge in [-0.1, -0.05) is 0 Å². The van der Waals surface area contributed by atoms with Crippen LogP contribution in [0.1, 0.15) is 36.2 Å². The van der Waals surface area contributed by atoms with Crippen LogP contribution < -0.4 is 5.01 Å². The van der Waals surface area contributed by atoms with E-state index in [0.717, 1.165) is 25.7 Å². The molecule has 1 fully saturated rings. The summed E-state index contributed by atoms with van der Waals surface area (Å²) < 4.78 is 7.15. The van der Waals surface area contributed by atoms with Crippen LogP contribution in [-0.4, -0.2) is 44.8 Å². The monoisotopic (exact) mass is 301 g/mol. The summed E-state index contributed by atoms with van der Waals surface area (Å²) in [6, 6.07) is 1.75. The van der Waals surface area contributed by atoms with Crippen LogP contribution in [0.2, 0.25) is 0 Å². The van der Waals surface area contributed by atoms with Gasteiger partial charge in [0.25, 0.3) is 5.91 Å². The van der Waals surface area contributed by atoms with Crippen molar-refractivity contribution in [3.05, 3.63) is 43.0 Å². The van der Waals surface area contributed by atoms with Crippen molar-refractivity contribution in [2.24, 2.45) is 0 Å². The van der Waals surface area contributed by atoms with Gasteiger partial charge in [0.15, 0.2) is 0 Å². The fourth-order valence-electron chi connectivity index (χ4n) is 2.90. The van der Waals surface area contributed by atoms with Crippen molar-refractivity contribution in [3.63, 3.8) is 0 Å². The first kappa shape index (κ1) is 14.6. The summed E-state index contributed by atoms with van der Waals surface area (Å²) in [6.45, 7) is 0. The van der Waals surface area contributed by atoms with Gasteiger partial charge in [0.1, 0.15) is 18.3 Å². The summed E-state index contributed by atoms with van der Waals surface area (Å²) in [5, 5.41) is 1.74. The van der Waals surface area contributed by atoms with Crippen molar-refractivity contribution >= 4 is 5.91 Å². The zero-order chi connectivity index (χ0) is 15.4. The quantitative estimate of drug-likeness (QED) is 0.853. The number of hydrogen-bond acceptors (Lipinski definition) is 5. The predicted molar refractivity (Wildman–Crippen MR) is 79.9 cm³/mol. The molecule has 1 aliphatic rings. The lowest BCUT2D eigenvalue weighted by Gasteiger charge is -2.36. The molecular weight excluding hydrogens is 282 g/mol. The summed E-state index contributed by atoms with van der Waals surface area (Å²) in [7, 11) is 1.74. The second-order valence-corrected chi connectivity index (χ2v) is 5.35. The Bertz CT molecular complexity index is 594. The summed E-state index contributed by atoms with van der Waals surface area (Å²) in [6.07, 6.45) is 12.0. The van der Waals surface area contributed by atoms with Crippen molar-refractivity contribution in [2.45, 2.75) is 37.8 Å². The third kappa shape index (κ3) is 2.99. The summed E-state index contributed by atoms with van der Waals surface area (Å²) in [5.74, 6) is -0.138. The van der Waals surface area contributed by atoms with Crippen LogP contribution in [0, 0.1) is 0 Å². The highest BCUT2D eigenvalue weighted by Gasteiger charge is 2.31. The Morgan fingerprint density at radius 2 is 2.09 bits per heavy atom. The molecule has 2 heterocycles. The smallest absolute Gasteiger partial charge is 0.291 e. The molecule has 0 radical (unpaired) electrons. The number of carbonyl (C=O) groups excluding carboxylic acids is 1. The molecule has 7 nitrogen and oxygen atoms in total. The van der Waals surface area contributed by atoms with Gasteiger partial charge in [0, 0.05) is 25.7 Å². The molecule has 7 heteroatoms. The molecule has 2 aromatic rings. The van der Waals surface area contributed by atoms with E-state index in [1.165, 1.54) is 6.33 Å². The minimum atomic E-state index is -0.138. The zero-order valence-electron chi connectivity index (χ0n) is 12.5. The third-order valence-electron chi connectivity index (χ3n) is 4.07. The van der Waals surface area contributed by atoms with E-state index in [1.54, 1.807) is 47.8 Å². The van der Waals surface area contributed by atoms with Gasteiger partial charge < -0.3 is 4.74 Å². The normalized spacial score (nSPS) is 21.5. The van der Waals surface area contributed by atoms with E-state index in [0.29, 0.717) is 5.69 Å². The molecule has 0 bridgehead atoms. The lowest BCUT2D eigenvalue weighted by Crippen LogP contribution is -2.50. The van der Waals surface area contributed by atoms with E-state index in [4.69, 9.17) is 4.74 Å². The number of rotatable bonds is 4. The van der Waals surface area contributed by atoms with Gasteiger partial charge in [-0.15, -0.1) is 0 Å². The number of imidazole rings is 1. The first-order valence-electron chi connectivity index (χ1n) is 7.40. The van der Waals surface area contributed by atoms with Crippen molar-refractivity contribution in [2.75, 3.05) is 12.1 Å². The van der Waals surface area contributed by atoms with Gasteiger partial charge in [0.2, 0.25) is 0 Å². The molecule has 3 rings (SSSR count). The number of nitrogens with zero attached hydrogens (tertiary/aromatic N) is 5. The van der Waals surface area contributed by atoms with E-state index in [-0.39, 0.29) is 18.1 Å². The molecule has 0 aliphatic heterocycles. The van der Waals surface area contributed by atoms with Crippen LogP contribution in [0.3, 0.4) is 0 Å². The second-order valence-electron chi connectivity index (χ2n) is 5.35. The Hall–Kier alpha value is -2.28. The van der Waals surface area contributed by atoms with Gasteiger partial charge in [-0.2, -0.15) is 0 Å². The highest BCUT2D eigenvalue weighted by Crippen LogP contribution is 2.25. The van der Waals surface area contributed by atoms with Gasteiger partial charge in [-0.25, -0.2) is 24.6 Å². The van der Waals surface area contributed by atoms with Crippen LogP contribution in [0.25, 0.3) is 0 Å². The molecule has 2 aromatic heterocycles. The molecule has 0 saturated heterocycles. The number of ether oxygens (including phenoxy) is 1. The standard InChI is InChI=1S/C15H19N5O2/c1-22-13-4-2-12(3-5-13)20(19-9-8-17-11-19)15(21)14-6-7-16-10-18-14/h6-13H,2-5H2,1H3. The molecule has 0 spiro atoms. The third-order valence-corrected chi connectivity index (χ3v) is 4.07. The molecular formula is C15H19N5O2. The first-order chi connectivity index (χ1) is 10.8. The van der Waals surface area contributed by atoms with Crippen molar-refractivity contribution in [3.8, 4) is 0 Å². The predicted octanol–water partition coefficient (Wildman–Crippen LogP) is 1.41. The Kier molecular flexibility index (Phi) is 4.43. The summed E-state index contributed by atoms with van der Waals surface area (Å²) in [5.41, 5.74) is 0.387. The van der Waals surface area contributed by atoms with E-state index in [2.05, 4.69) is 15.0 Å². The highest BCUT2D eigenvalue weighted by molar-refractivity contribution is 6.00. The fraction of sp³-hybridized carbons (Fsp3) is 0.467. The van der Waals surface area contributed by atoms with Crippen LogP contribution in [0.4, 0.5) is 0 Å². The minimum absolute atomic E-state index is 0.114. The molecule has 0 aromatic carbocycles. The number of amides is 1. The van der Waals surface area contributed by atoms with E-state index in [9.17, 15) is 4.79 Å². The van der Waals surface area contributed by atoms with E-state index < -0.39 is 0 Å². The van der Waals surface area contributed by atoms with Gasteiger partial charge in [-0.3, -0.25) is 4.79 Å². The highest BCUT2D eigenvalue weighted by atomic mass is 16.5. The number of aromatic nitrogens is 4. The summed E-state index contributed by atoms with van der Waals surface area (Å²) >= 11 is 0. The second kappa shape index (κ2) is 6.65. The number of methoxy groups -OCH3 is 1. The van der Waals surface area contributed by atoms with Gasteiger partial charge >= 0.3 is 0 Å². The maximum atomic E-state index is 12.8.